The van der Waals surface area contributed by atoms with Crippen LogP contribution in [-0.2, 0) is 11.3 Å². The van der Waals surface area contributed by atoms with Gasteiger partial charge >= 0.3 is 6.09 Å². The lowest BCUT2D eigenvalue weighted by atomic mass is 9.75. The average Bonchev–Trinajstić information content (AvgIpc) is 3.13. The number of aryl methyl sites for hydroxylation is 1. The third-order valence-corrected chi connectivity index (χ3v) is 5.91. The zero-order valence-electron chi connectivity index (χ0n) is 18.9. The van der Waals surface area contributed by atoms with Crippen molar-refractivity contribution in [3.63, 3.8) is 0 Å². The third-order valence-electron chi connectivity index (χ3n) is 5.91. The third kappa shape index (κ3) is 5.97. The number of carbonyl (C=O) groups is 2. The van der Waals surface area contributed by atoms with Crippen LogP contribution in [-0.4, -0.2) is 77.0 Å². The van der Waals surface area contributed by atoms with Crippen molar-refractivity contribution in [1.82, 2.24) is 24.9 Å². The molecule has 2 amide bonds. The van der Waals surface area contributed by atoms with Crippen LogP contribution in [0.25, 0.3) is 0 Å². The first-order valence-corrected chi connectivity index (χ1v) is 11.1. The molecule has 2 aliphatic heterocycles. The molecule has 30 heavy (non-hydrogen) atoms. The van der Waals surface area contributed by atoms with Gasteiger partial charge in [0.25, 0.3) is 5.91 Å². The van der Waals surface area contributed by atoms with Crippen molar-refractivity contribution in [3.05, 3.63) is 18.0 Å². The van der Waals surface area contributed by atoms with Crippen molar-refractivity contribution in [2.75, 3.05) is 39.8 Å². The normalized spacial score (nSPS) is 24.6. The van der Waals surface area contributed by atoms with Crippen LogP contribution in [0.4, 0.5) is 4.79 Å². The molecule has 0 aromatic carbocycles. The van der Waals surface area contributed by atoms with Crippen molar-refractivity contribution >= 4 is 12.0 Å². The Morgan fingerprint density at radius 1 is 1.13 bits per heavy atom. The number of fused-ring (bicyclic) bond motifs is 2. The summed E-state index contributed by atoms with van der Waals surface area (Å²) in [7, 11) is 1.86. The molecule has 1 N–H and O–H groups in total. The molecule has 8 nitrogen and oxygen atoms in total. The summed E-state index contributed by atoms with van der Waals surface area (Å²) in [6.45, 7) is 10.3. The molecule has 1 fully saturated rings. The lowest BCUT2D eigenvalue weighted by Crippen LogP contribution is -2.52. The number of likely N-dealkylation sites (tertiary alicyclic amines) is 1. The van der Waals surface area contributed by atoms with Gasteiger partial charge in [-0.25, -0.2) is 4.79 Å². The number of hydrogen-bond acceptors (Lipinski definition) is 5. The molecule has 0 radical (unpaired) electrons. The summed E-state index contributed by atoms with van der Waals surface area (Å²) >= 11 is 0. The van der Waals surface area contributed by atoms with Gasteiger partial charge < -0.3 is 19.9 Å². The number of carbonyl (C=O) groups excluding carboxylic acids is 2. The van der Waals surface area contributed by atoms with Crippen LogP contribution in [0.5, 0.6) is 0 Å². The molecular formula is C22H37N5O3. The average molecular weight is 420 g/mol. The minimum absolute atomic E-state index is 0.00907. The molecule has 0 aliphatic carbocycles. The number of hydrogen-bond donors (Lipinski definition) is 1. The van der Waals surface area contributed by atoms with E-state index in [0.29, 0.717) is 25.2 Å². The Morgan fingerprint density at radius 2 is 1.87 bits per heavy atom. The smallest absolute Gasteiger partial charge is 0.410 e. The summed E-state index contributed by atoms with van der Waals surface area (Å²) in [6.07, 6.45) is 8.13. The number of aromatic nitrogens is 2. The summed E-state index contributed by atoms with van der Waals surface area (Å²) < 4.78 is 7.47. The maximum Gasteiger partial charge on any atom is 0.410 e. The molecule has 3 heterocycles. The lowest BCUT2D eigenvalue weighted by molar-refractivity contribution is -0.00324. The Balaban J connectivity index is 1.78. The molecule has 168 valence electrons. The van der Waals surface area contributed by atoms with Gasteiger partial charge in [0.05, 0.1) is 11.8 Å². The fraction of sp³-hybridized carbons (Fsp3) is 0.773. The van der Waals surface area contributed by atoms with Gasteiger partial charge in [0.15, 0.2) is 0 Å². The van der Waals surface area contributed by atoms with Gasteiger partial charge in [-0.3, -0.25) is 9.48 Å². The van der Waals surface area contributed by atoms with Crippen LogP contribution >= 0.6 is 0 Å². The first kappa shape index (κ1) is 22.6. The molecule has 1 aromatic heterocycles. The summed E-state index contributed by atoms with van der Waals surface area (Å²) in [5.41, 5.74) is -0.0131. The topological polar surface area (TPSA) is 79.7 Å². The zero-order chi connectivity index (χ0) is 21.8. The number of rotatable bonds is 0. The maximum atomic E-state index is 13.0. The lowest BCUT2D eigenvalue weighted by Gasteiger charge is -2.45. The molecule has 1 aromatic rings. The Labute approximate surface area is 179 Å². The molecule has 1 unspecified atom stereocenters. The quantitative estimate of drug-likeness (QED) is 0.699. The van der Waals surface area contributed by atoms with E-state index < -0.39 is 5.60 Å². The van der Waals surface area contributed by atoms with Gasteiger partial charge in [-0.05, 0) is 66.0 Å². The number of nitrogens with zero attached hydrogens (tertiary/aromatic N) is 4. The molecule has 1 saturated heterocycles. The molecule has 8 heteroatoms. The van der Waals surface area contributed by atoms with Crippen molar-refractivity contribution < 1.29 is 14.3 Å². The van der Waals surface area contributed by atoms with E-state index in [4.69, 9.17) is 4.74 Å². The highest BCUT2D eigenvalue weighted by Gasteiger charge is 2.39. The van der Waals surface area contributed by atoms with Crippen molar-refractivity contribution in [1.29, 1.82) is 0 Å². The monoisotopic (exact) mass is 419 g/mol. The van der Waals surface area contributed by atoms with Crippen molar-refractivity contribution in [2.45, 2.75) is 65.0 Å². The highest BCUT2D eigenvalue weighted by Crippen LogP contribution is 2.36. The van der Waals surface area contributed by atoms with E-state index in [-0.39, 0.29) is 17.4 Å². The first-order valence-electron chi connectivity index (χ1n) is 11.1. The standard InChI is InChI=1S/C22H37N5O3/c1-21(2,3)30-20(29)26-12-6-9-22(17-26)8-5-10-23-11-7-13-27-15-18(14-24-27)19(28)25(4)16-22/h14-15,23H,5-13,16-17H2,1-4H3. The van der Waals surface area contributed by atoms with Gasteiger partial charge in [0, 0.05) is 44.8 Å². The predicted molar refractivity (Wildman–Crippen MR) is 115 cm³/mol. The van der Waals surface area contributed by atoms with Crippen molar-refractivity contribution in [3.8, 4) is 0 Å². The molecule has 2 bridgehead atoms. The van der Waals surface area contributed by atoms with E-state index in [1.807, 2.05) is 43.6 Å². The van der Waals surface area contributed by atoms with Crippen molar-refractivity contribution in [2.24, 2.45) is 5.41 Å². The predicted octanol–water partition coefficient (Wildman–Crippen LogP) is 2.75. The van der Waals surface area contributed by atoms with E-state index >= 15 is 0 Å². The summed E-state index contributed by atoms with van der Waals surface area (Å²) in [4.78, 5) is 29.4. The SMILES string of the molecule is CN1CC2(CCCNCCCn3cc(cn3)C1=O)CCCN(C(=O)OC(C)(C)C)C2. The second-order valence-corrected chi connectivity index (χ2v) is 9.87. The van der Waals surface area contributed by atoms with E-state index in [1.54, 1.807) is 11.1 Å². The zero-order valence-corrected chi connectivity index (χ0v) is 18.9. The van der Waals surface area contributed by atoms with Crippen LogP contribution in [0.15, 0.2) is 12.4 Å². The summed E-state index contributed by atoms with van der Waals surface area (Å²) in [5, 5.41) is 7.86. The van der Waals surface area contributed by atoms with Crippen LogP contribution in [0.1, 0.15) is 63.2 Å². The first-order chi connectivity index (χ1) is 14.2. The molecule has 3 rings (SSSR count). The van der Waals surface area contributed by atoms with Crippen LogP contribution in [0.3, 0.4) is 0 Å². The summed E-state index contributed by atoms with van der Waals surface area (Å²) in [6, 6.07) is 0. The van der Waals surface area contributed by atoms with Gasteiger partial charge in [-0.2, -0.15) is 5.10 Å². The van der Waals surface area contributed by atoms with Crippen LogP contribution in [0, 0.1) is 5.41 Å². The number of amides is 2. The molecule has 2 aliphatic rings. The largest absolute Gasteiger partial charge is 0.444 e. The summed E-state index contributed by atoms with van der Waals surface area (Å²) in [5.74, 6) is -0.00907. The van der Waals surface area contributed by atoms with E-state index in [1.165, 1.54) is 0 Å². The van der Waals surface area contributed by atoms with Gasteiger partial charge in [-0.1, -0.05) is 0 Å². The minimum atomic E-state index is -0.512. The number of nitrogens with one attached hydrogen (secondary N) is 1. The Hall–Kier alpha value is -2.09. The van der Waals surface area contributed by atoms with E-state index in [0.717, 1.165) is 51.7 Å². The van der Waals surface area contributed by atoms with E-state index in [2.05, 4.69) is 10.4 Å². The highest BCUT2D eigenvalue weighted by atomic mass is 16.6. The second kappa shape index (κ2) is 9.37. The number of ether oxygens (including phenoxy) is 1. The van der Waals surface area contributed by atoms with Gasteiger partial charge in [0.2, 0.25) is 0 Å². The second-order valence-electron chi connectivity index (χ2n) is 9.87. The van der Waals surface area contributed by atoms with Crippen LogP contribution < -0.4 is 5.32 Å². The van der Waals surface area contributed by atoms with Crippen LogP contribution in [0.2, 0.25) is 0 Å². The Kier molecular flexibility index (Phi) is 7.06. The molecule has 1 spiro atoms. The number of piperidine rings is 1. The van der Waals surface area contributed by atoms with Gasteiger partial charge in [-0.15, -0.1) is 0 Å². The Morgan fingerprint density at radius 3 is 2.63 bits per heavy atom. The maximum absolute atomic E-state index is 13.0. The molecule has 0 saturated carbocycles. The Bertz CT molecular complexity index is 741. The fourth-order valence-corrected chi connectivity index (χ4v) is 4.57. The fourth-order valence-electron chi connectivity index (χ4n) is 4.57. The molecule has 1 atom stereocenters. The highest BCUT2D eigenvalue weighted by molar-refractivity contribution is 5.93. The minimum Gasteiger partial charge on any atom is -0.444 e. The van der Waals surface area contributed by atoms with E-state index in [9.17, 15) is 9.59 Å². The molecular weight excluding hydrogens is 382 g/mol. The van der Waals surface area contributed by atoms with Gasteiger partial charge in [0.1, 0.15) is 5.60 Å².